The third kappa shape index (κ3) is 5.87. The molecule has 2 aromatic carbocycles. The molecule has 0 fully saturated rings. The van der Waals surface area contributed by atoms with Crippen molar-refractivity contribution < 1.29 is 18.7 Å². The van der Waals surface area contributed by atoms with E-state index in [-0.39, 0.29) is 25.0 Å². The summed E-state index contributed by atoms with van der Waals surface area (Å²) in [5.74, 6) is 1.25. The number of aryl methyl sites for hydroxylation is 2. The van der Waals surface area contributed by atoms with Crippen molar-refractivity contribution in [1.82, 2.24) is 10.3 Å². The molecule has 7 nitrogen and oxygen atoms in total. The molecule has 0 radical (unpaired) electrons. The summed E-state index contributed by atoms with van der Waals surface area (Å²) >= 11 is 1.47. The molecule has 0 atom stereocenters. The Morgan fingerprint density at radius 2 is 1.91 bits per heavy atom. The van der Waals surface area contributed by atoms with E-state index >= 15 is 0 Å². The Morgan fingerprint density at radius 3 is 2.67 bits per heavy atom. The Kier molecular flexibility index (Phi) is 6.85. The van der Waals surface area contributed by atoms with Crippen LogP contribution in [0.3, 0.4) is 0 Å². The second kappa shape index (κ2) is 10.1. The summed E-state index contributed by atoms with van der Waals surface area (Å²) in [7, 11) is 0. The molecular formula is C25H23N3O4S. The highest BCUT2D eigenvalue weighted by molar-refractivity contribution is 7.08. The van der Waals surface area contributed by atoms with Crippen LogP contribution in [0.1, 0.15) is 27.4 Å². The Hall–Kier alpha value is -3.91. The Bertz CT molecular complexity index is 1250. The molecular weight excluding hydrogens is 438 g/mol. The SMILES string of the molecule is Cc1ccc(OCC(=O)Nc2cccc(-c3nc(CNC(=O)c4ccsc4)c(C)o3)c2)cc1. The molecule has 0 aliphatic heterocycles. The average Bonchev–Trinajstić information content (AvgIpc) is 3.48. The van der Waals surface area contributed by atoms with Gasteiger partial charge in [-0.3, -0.25) is 9.59 Å². The normalized spacial score (nSPS) is 10.6. The highest BCUT2D eigenvalue weighted by Gasteiger charge is 2.14. The molecule has 0 saturated carbocycles. The summed E-state index contributed by atoms with van der Waals surface area (Å²) in [4.78, 5) is 29.0. The maximum atomic E-state index is 12.3. The predicted octanol–water partition coefficient (Wildman–Crippen LogP) is 4.97. The molecule has 2 aromatic heterocycles. The van der Waals surface area contributed by atoms with Gasteiger partial charge in [0.25, 0.3) is 11.8 Å². The number of anilines is 1. The maximum Gasteiger partial charge on any atom is 0.262 e. The van der Waals surface area contributed by atoms with Crippen molar-refractivity contribution in [3.05, 3.63) is 87.9 Å². The van der Waals surface area contributed by atoms with Gasteiger partial charge in [0.05, 0.1) is 6.54 Å². The highest BCUT2D eigenvalue weighted by atomic mass is 32.1. The second-order valence-electron chi connectivity index (χ2n) is 7.45. The third-order valence-corrected chi connectivity index (χ3v) is 5.56. The lowest BCUT2D eigenvalue weighted by Gasteiger charge is -2.08. The van der Waals surface area contributed by atoms with Crippen molar-refractivity contribution in [2.75, 3.05) is 11.9 Å². The molecule has 4 aromatic rings. The van der Waals surface area contributed by atoms with Crippen LogP contribution in [0.2, 0.25) is 0 Å². The zero-order valence-electron chi connectivity index (χ0n) is 18.3. The van der Waals surface area contributed by atoms with E-state index in [2.05, 4.69) is 15.6 Å². The number of carbonyl (C=O) groups excluding carboxylic acids is 2. The van der Waals surface area contributed by atoms with Gasteiger partial charge in [-0.2, -0.15) is 11.3 Å². The van der Waals surface area contributed by atoms with Gasteiger partial charge in [0, 0.05) is 22.2 Å². The first kappa shape index (κ1) is 22.3. The maximum absolute atomic E-state index is 12.3. The van der Waals surface area contributed by atoms with Crippen LogP contribution >= 0.6 is 11.3 Å². The summed E-state index contributed by atoms with van der Waals surface area (Å²) < 4.78 is 11.3. The summed E-state index contributed by atoms with van der Waals surface area (Å²) in [6.45, 7) is 3.95. The Balaban J connectivity index is 1.37. The van der Waals surface area contributed by atoms with Crippen molar-refractivity contribution in [3.63, 3.8) is 0 Å². The monoisotopic (exact) mass is 461 g/mol. The molecule has 0 aliphatic carbocycles. The number of thiophene rings is 1. The fraction of sp³-hybridized carbons (Fsp3) is 0.160. The molecule has 2 N–H and O–H groups in total. The van der Waals surface area contributed by atoms with Gasteiger partial charge in [0.15, 0.2) is 6.61 Å². The van der Waals surface area contributed by atoms with Crippen LogP contribution in [0.25, 0.3) is 11.5 Å². The molecule has 0 spiro atoms. The molecule has 33 heavy (non-hydrogen) atoms. The van der Waals surface area contributed by atoms with Crippen LogP contribution in [0.5, 0.6) is 5.75 Å². The van der Waals surface area contributed by atoms with Gasteiger partial charge in [-0.05, 0) is 55.6 Å². The first-order chi connectivity index (χ1) is 16.0. The lowest BCUT2D eigenvalue weighted by atomic mass is 10.2. The minimum atomic E-state index is -0.270. The van der Waals surface area contributed by atoms with Crippen molar-refractivity contribution in [3.8, 4) is 17.2 Å². The molecule has 0 unspecified atom stereocenters. The summed E-state index contributed by atoms with van der Waals surface area (Å²) in [6.07, 6.45) is 0. The number of benzene rings is 2. The van der Waals surface area contributed by atoms with Crippen LogP contribution in [-0.2, 0) is 11.3 Å². The van der Waals surface area contributed by atoms with E-state index in [1.807, 2.05) is 48.7 Å². The number of nitrogens with zero attached hydrogens (tertiary/aromatic N) is 1. The number of oxazole rings is 1. The zero-order valence-corrected chi connectivity index (χ0v) is 19.1. The number of nitrogens with one attached hydrogen (secondary N) is 2. The van der Waals surface area contributed by atoms with Gasteiger partial charge in [0.1, 0.15) is 17.2 Å². The van der Waals surface area contributed by atoms with E-state index in [1.54, 1.807) is 30.5 Å². The molecule has 2 heterocycles. The fourth-order valence-corrected chi connectivity index (χ4v) is 3.72. The Labute approximate surface area is 195 Å². The summed E-state index contributed by atoms with van der Waals surface area (Å²) in [5.41, 5.74) is 3.71. The first-order valence-electron chi connectivity index (χ1n) is 10.3. The third-order valence-electron chi connectivity index (χ3n) is 4.88. The number of amides is 2. The summed E-state index contributed by atoms with van der Waals surface area (Å²) in [6, 6.07) is 16.5. The molecule has 0 bridgehead atoms. The van der Waals surface area contributed by atoms with Crippen molar-refractivity contribution in [2.24, 2.45) is 0 Å². The number of hydrogen-bond donors (Lipinski definition) is 2. The standard InChI is InChI=1S/C25H23N3O4S/c1-16-6-8-21(9-7-16)31-14-23(29)27-20-5-3-4-18(12-20)25-28-22(17(2)32-25)13-26-24(30)19-10-11-33-15-19/h3-12,15H,13-14H2,1-2H3,(H,26,30)(H,27,29). The van der Waals surface area contributed by atoms with Crippen LogP contribution in [-0.4, -0.2) is 23.4 Å². The lowest BCUT2D eigenvalue weighted by Crippen LogP contribution is -2.22. The van der Waals surface area contributed by atoms with E-state index in [4.69, 9.17) is 9.15 Å². The second-order valence-corrected chi connectivity index (χ2v) is 8.23. The largest absolute Gasteiger partial charge is 0.484 e. The molecule has 168 valence electrons. The number of carbonyl (C=O) groups is 2. The summed E-state index contributed by atoms with van der Waals surface area (Å²) in [5, 5.41) is 9.32. The number of hydrogen-bond acceptors (Lipinski definition) is 6. The highest BCUT2D eigenvalue weighted by Crippen LogP contribution is 2.24. The van der Waals surface area contributed by atoms with Crippen LogP contribution in [0.4, 0.5) is 5.69 Å². The van der Waals surface area contributed by atoms with Crippen LogP contribution in [0.15, 0.2) is 69.8 Å². The van der Waals surface area contributed by atoms with E-state index < -0.39 is 0 Å². The number of aromatic nitrogens is 1. The van der Waals surface area contributed by atoms with Crippen molar-refractivity contribution in [2.45, 2.75) is 20.4 Å². The van der Waals surface area contributed by atoms with Gasteiger partial charge in [-0.15, -0.1) is 0 Å². The quantitative estimate of drug-likeness (QED) is 0.387. The van der Waals surface area contributed by atoms with Gasteiger partial charge in [0.2, 0.25) is 5.89 Å². The number of rotatable bonds is 8. The minimum absolute atomic E-state index is 0.0978. The van der Waals surface area contributed by atoms with Gasteiger partial charge in [-0.1, -0.05) is 23.8 Å². The molecule has 0 aliphatic rings. The molecule has 4 rings (SSSR count). The first-order valence-corrected chi connectivity index (χ1v) is 11.3. The molecule has 0 saturated heterocycles. The van der Waals surface area contributed by atoms with Crippen LogP contribution < -0.4 is 15.4 Å². The lowest BCUT2D eigenvalue weighted by molar-refractivity contribution is -0.118. The van der Waals surface area contributed by atoms with Gasteiger partial charge in [-0.25, -0.2) is 4.98 Å². The smallest absolute Gasteiger partial charge is 0.262 e. The van der Waals surface area contributed by atoms with E-state index in [0.717, 1.165) is 5.56 Å². The van der Waals surface area contributed by atoms with Crippen molar-refractivity contribution >= 4 is 28.8 Å². The van der Waals surface area contributed by atoms with Gasteiger partial charge >= 0.3 is 0 Å². The minimum Gasteiger partial charge on any atom is -0.484 e. The Morgan fingerprint density at radius 1 is 1.09 bits per heavy atom. The van der Waals surface area contributed by atoms with Crippen molar-refractivity contribution in [1.29, 1.82) is 0 Å². The molecule has 2 amide bonds. The number of ether oxygens (including phenoxy) is 1. The van der Waals surface area contributed by atoms with E-state index in [1.165, 1.54) is 11.3 Å². The predicted molar refractivity (Wildman–Crippen MR) is 127 cm³/mol. The fourth-order valence-electron chi connectivity index (χ4n) is 3.09. The average molecular weight is 462 g/mol. The van der Waals surface area contributed by atoms with E-state index in [9.17, 15) is 9.59 Å². The van der Waals surface area contributed by atoms with E-state index in [0.29, 0.717) is 39.9 Å². The van der Waals surface area contributed by atoms with Crippen LogP contribution in [0, 0.1) is 13.8 Å². The zero-order chi connectivity index (χ0) is 23.2. The topological polar surface area (TPSA) is 93.5 Å². The molecule has 8 heteroatoms. The van der Waals surface area contributed by atoms with Gasteiger partial charge < -0.3 is 19.8 Å².